The van der Waals surface area contributed by atoms with Gasteiger partial charge in [-0.15, -0.1) is 0 Å². The summed E-state index contributed by atoms with van der Waals surface area (Å²) in [6, 6.07) is 9.49. The third kappa shape index (κ3) is 12.4. The molecule has 0 amide bonds. The van der Waals surface area contributed by atoms with Crippen molar-refractivity contribution in [2.45, 2.75) is 33.3 Å². The highest BCUT2D eigenvalue weighted by Crippen LogP contribution is 2.05. The Morgan fingerprint density at radius 3 is 1.75 bits per heavy atom. The second kappa shape index (κ2) is 7.70. The van der Waals surface area contributed by atoms with Gasteiger partial charge in [0.2, 0.25) is 0 Å². The van der Waals surface area contributed by atoms with Gasteiger partial charge < -0.3 is 15.9 Å². The number of rotatable bonds is 0. The van der Waals surface area contributed by atoms with Crippen LogP contribution in [-0.4, -0.2) is 17.0 Å². The van der Waals surface area contributed by atoms with Crippen LogP contribution in [0.3, 0.4) is 0 Å². The number of carbonyl (C=O) groups excluding carboxylic acids is 1. The van der Waals surface area contributed by atoms with E-state index in [-0.39, 0.29) is 17.0 Å². The quantitative estimate of drug-likeness (QED) is 0.541. The highest BCUT2D eigenvalue weighted by Gasteiger charge is 2.11. The van der Waals surface area contributed by atoms with Crippen molar-refractivity contribution in [1.82, 2.24) is 0 Å². The van der Waals surface area contributed by atoms with Crippen LogP contribution in [0.2, 0.25) is 0 Å². The van der Waals surface area contributed by atoms with Crippen molar-refractivity contribution in [3.63, 3.8) is 0 Å². The van der Waals surface area contributed by atoms with Gasteiger partial charge in [-0.25, -0.2) is 0 Å². The van der Waals surface area contributed by atoms with Crippen LogP contribution in [0.1, 0.15) is 27.7 Å². The summed E-state index contributed by atoms with van der Waals surface area (Å²) >= 11 is 0. The van der Waals surface area contributed by atoms with Crippen molar-refractivity contribution in [3.05, 3.63) is 30.3 Å². The fourth-order valence-corrected chi connectivity index (χ4v) is 0.884. The molecule has 1 aromatic carbocycles. The monoisotopic (exact) mass is 227 g/mol. The lowest BCUT2D eigenvalue weighted by molar-refractivity contribution is -0.151. The van der Waals surface area contributed by atoms with Gasteiger partial charge >= 0.3 is 5.97 Å². The summed E-state index contributed by atoms with van der Waals surface area (Å²) in [6.45, 7) is 6.93. The van der Waals surface area contributed by atoms with Gasteiger partial charge in [-0.3, -0.25) is 4.79 Å². The van der Waals surface area contributed by atoms with Gasteiger partial charge in [-0.1, -0.05) is 18.2 Å². The largest absolute Gasteiger partial charge is 0.460 e. The van der Waals surface area contributed by atoms with E-state index in [1.165, 1.54) is 6.92 Å². The molecule has 0 aliphatic rings. The number of esters is 1. The summed E-state index contributed by atoms with van der Waals surface area (Å²) < 4.78 is 4.80. The zero-order valence-corrected chi connectivity index (χ0v) is 10.3. The van der Waals surface area contributed by atoms with Crippen LogP contribution in [0.5, 0.6) is 0 Å². The van der Waals surface area contributed by atoms with Crippen LogP contribution < -0.4 is 5.73 Å². The first-order valence-electron chi connectivity index (χ1n) is 4.81. The van der Waals surface area contributed by atoms with E-state index in [4.69, 9.17) is 10.5 Å². The summed E-state index contributed by atoms with van der Waals surface area (Å²) in [5.74, 6) is -0.225. The molecule has 1 rings (SSSR count). The molecule has 16 heavy (non-hydrogen) atoms. The predicted octanol–water partition coefficient (Wildman–Crippen LogP) is 1.79. The van der Waals surface area contributed by atoms with Crippen molar-refractivity contribution in [2.75, 3.05) is 5.73 Å². The molecular weight excluding hydrogens is 206 g/mol. The molecule has 0 heterocycles. The van der Waals surface area contributed by atoms with Crippen LogP contribution in [0.15, 0.2) is 30.3 Å². The van der Waals surface area contributed by atoms with Gasteiger partial charge in [0.05, 0.1) is 0 Å². The van der Waals surface area contributed by atoms with Gasteiger partial charge in [-0.05, 0) is 32.9 Å². The molecule has 92 valence electrons. The van der Waals surface area contributed by atoms with Gasteiger partial charge in [0, 0.05) is 12.6 Å². The number of para-hydroxylation sites is 1. The van der Waals surface area contributed by atoms with Gasteiger partial charge in [0.1, 0.15) is 5.60 Å². The van der Waals surface area contributed by atoms with E-state index in [2.05, 4.69) is 0 Å². The summed E-state index contributed by atoms with van der Waals surface area (Å²) in [7, 11) is 0. The standard InChI is InChI=1S/C6H7N.C6H12O2.H2O/c7-6-4-2-1-3-5-6;1-5(7)8-6(2,3)4;/h1-5H,7H2;1-4H3;1H2. The Balaban J connectivity index is 0. The lowest BCUT2D eigenvalue weighted by Gasteiger charge is -2.17. The lowest BCUT2D eigenvalue weighted by Crippen LogP contribution is -2.21. The lowest BCUT2D eigenvalue weighted by atomic mass is 10.2. The summed E-state index contributed by atoms with van der Waals surface area (Å²) in [5, 5.41) is 0. The fourth-order valence-electron chi connectivity index (χ4n) is 0.884. The molecule has 4 heteroatoms. The first kappa shape index (κ1) is 16.9. The van der Waals surface area contributed by atoms with Crippen molar-refractivity contribution >= 4 is 11.7 Å². The highest BCUT2D eigenvalue weighted by molar-refractivity contribution is 5.66. The first-order chi connectivity index (χ1) is 6.81. The molecule has 0 aromatic heterocycles. The van der Waals surface area contributed by atoms with E-state index in [0.29, 0.717) is 0 Å². The minimum absolute atomic E-state index is 0. The third-order valence-electron chi connectivity index (χ3n) is 1.25. The Morgan fingerprint density at radius 1 is 1.19 bits per heavy atom. The van der Waals surface area contributed by atoms with Crippen molar-refractivity contribution in [1.29, 1.82) is 0 Å². The fraction of sp³-hybridized carbons (Fsp3) is 0.417. The molecule has 0 radical (unpaired) electrons. The molecule has 0 saturated carbocycles. The van der Waals surface area contributed by atoms with Crippen LogP contribution in [0, 0.1) is 0 Å². The van der Waals surface area contributed by atoms with E-state index < -0.39 is 0 Å². The third-order valence-corrected chi connectivity index (χ3v) is 1.25. The molecule has 0 fully saturated rings. The van der Waals surface area contributed by atoms with Gasteiger partial charge in [0.25, 0.3) is 0 Å². The normalized spacial score (nSPS) is 9.25. The topological polar surface area (TPSA) is 83.8 Å². The van der Waals surface area contributed by atoms with E-state index in [1.807, 2.05) is 51.1 Å². The number of benzene rings is 1. The van der Waals surface area contributed by atoms with Gasteiger partial charge in [0.15, 0.2) is 0 Å². The van der Waals surface area contributed by atoms with Gasteiger partial charge in [-0.2, -0.15) is 0 Å². The SMILES string of the molecule is CC(=O)OC(C)(C)C.Nc1ccccc1.O. The average molecular weight is 227 g/mol. The van der Waals surface area contributed by atoms with Crippen molar-refractivity contribution < 1.29 is 15.0 Å². The zero-order chi connectivity index (χ0) is 11.9. The molecular formula is C12H21NO3. The predicted molar refractivity (Wildman–Crippen MR) is 66.0 cm³/mol. The molecule has 0 unspecified atom stereocenters. The summed E-state index contributed by atoms with van der Waals surface area (Å²) in [6.07, 6.45) is 0. The molecule has 0 saturated heterocycles. The molecule has 0 aliphatic heterocycles. The minimum Gasteiger partial charge on any atom is -0.460 e. The molecule has 4 N–H and O–H groups in total. The molecule has 0 aliphatic carbocycles. The molecule has 0 atom stereocenters. The number of hydrogen-bond donors (Lipinski definition) is 1. The second-order valence-corrected chi connectivity index (χ2v) is 4.12. The van der Waals surface area contributed by atoms with Crippen LogP contribution in [0.25, 0.3) is 0 Å². The number of hydrogen-bond acceptors (Lipinski definition) is 3. The first-order valence-corrected chi connectivity index (χ1v) is 4.81. The Morgan fingerprint density at radius 2 is 1.62 bits per heavy atom. The minimum atomic E-state index is -0.328. The Hall–Kier alpha value is -1.55. The Labute approximate surface area is 96.7 Å². The van der Waals surface area contributed by atoms with Crippen molar-refractivity contribution in [2.24, 2.45) is 0 Å². The number of carbonyl (C=O) groups is 1. The Kier molecular flexibility index (Phi) is 8.12. The number of nitrogen functional groups attached to an aromatic ring is 1. The maximum Gasteiger partial charge on any atom is 0.303 e. The van der Waals surface area contributed by atoms with E-state index in [1.54, 1.807) is 0 Å². The van der Waals surface area contributed by atoms with Crippen molar-refractivity contribution in [3.8, 4) is 0 Å². The highest BCUT2D eigenvalue weighted by atomic mass is 16.6. The van der Waals surface area contributed by atoms with E-state index in [9.17, 15) is 4.79 Å². The maximum absolute atomic E-state index is 10.2. The van der Waals surface area contributed by atoms with E-state index >= 15 is 0 Å². The number of ether oxygens (including phenoxy) is 1. The van der Waals surface area contributed by atoms with Crippen LogP contribution in [-0.2, 0) is 9.53 Å². The van der Waals surface area contributed by atoms with Crippen LogP contribution >= 0.6 is 0 Å². The smallest absolute Gasteiger partial charge is 0.303 e. The Bertz CT molecular complexity index is 291. The second-order valence-electron chi connectivity index (χ2n) is 4.12. The maximum atomic E-state index is 10.2. The molecule has 0 bridgehead atoms. The number of anilines is 1. The molecule has 1 aromatic rings. The average Bonchev–Trinajstić information content (AvgIpc) is 2.01. The summed E-state index contributed by atoms with van der Waals surface area (Å²) in [5.41, 5.74) is 5.85. The summed E-state index contributed by atoms with van der Waals surface area (Å²) in [4.78, 5) is 10.2. The number of nitrogens with two attached hydrogens (primary N) is 1. The molecule has 0 spiro atoms. The zero-order valence-electron chi connectivity index (χ0n) is 10.3. The van der Waals surface area contributed by atoms with E-state index in [0.717, 1.165) is 5.69 Å². The van der Waals surface area contributed by atoms with Crippen LogP contribution in [0.4, 0.5) is 5.69 Å². The molecule has 4 nitrogen and oxygen atoms in total.